The first-order chi connectivity index (χ1) is 10.4. The van der Waals surface area contributed by atoms with Crippen LogP contribution < -0.4 is 0 Å². The van der Waals surface area contributed by atoms with Crippen LogP contribution in [0.15, 0.2) is 30.3 Å². The van der Waals surface area contributed by atoms with E-state index in [2.05, 4.69) is 44.7 Å². The highest BCUT2D eigenvalue weighted by Crippen LogP contribution is 2.23. The number of aromatic nitrogens is 1. The van der Waals surface area contributed by atoms with Gasteiger partial charge < -0.3 is 9.47 Å². The van der Waals surface area contributed by atoms with Gasteiger partial charge in [-0.1, -0.05) is 24.6 Å². The van der Waals surface area contributed by atoms with E-state index in [0.29, 0.717) is 0 Å². The third-order valence-corrected chi connectivity index (χ3v) is 5.10. The Morgan fingerprint density at radius 1 is 0.818 bits per heavy atom. The Morgan fingerprint density at radius 2 is 1.59 bits per heavy atom. The lowest BCUT2D eigenvalue weighted by Gasteiger charge is -2.32. The van der Waals surface area contributed by atoms with Crippen LogP contribution in [0.5, 0.6) is 0 Å². The maximum Gasteiger partial charge on any atom is 0.0483 e. The van der Waals surface area contributed by atoms with Crippen LogP contribution in [-0.2, 0) is 13.1 Å². The van der Waals surface area contributed by atoms with E-state index in [1.54, 1.807) is 0 Å². The first-order valence-electron chi connectivity index (χ1n) is 8.42. The SMILES string of the molecule is Cl.c1ccc2c(c1)cc1n2CCN(CCN2CCCCC2)C1. The zero-order chi connectivity index (χ0) is 14.1. The van der Waals surface area contributed by atoms with Gasteiger partial charge in [0, 0.05) is 43.9 Å². The molecule has 3 heterocycles. The molecule has 2 aromatic rings. The van der Waals surface area contributed by atoms with Crippen LogP contribution in [0.1, 0.15) is 25.0 Å². The van der Waals surface area contributed by atoms with Crippen LogP contribution in [0.3, 0.4) is 0 Å². The van der Waals surface area contributed by atoms with Crippen LogP contribution in [0.25, 0.3) is 10.9 Å². The first-order valence-corrected chi connectivity index (χ1v) is 8.42. The largest absolute Gasteiger partial charge is 0.342 e. The minimum absolute atomic E-state index is 0. The van der Waals surface area contributed by atoms with Crippen molar-refractivity contribution in [1.82, 2.24) is 14.4 Å². The summed E-state index contributed by atoms with van der Waals surface area (Å²) in [5.74, 6) is 0. The summed E-state index contributed by atoms with van der Waals surface area (Å²) in [6.07, 6.45) is 4.22. The van der Waals surface area contributed by atoms with Crippen LogP contribution in [-0.4, -0.2) is 47.1 Å². The van der Waals surface area contributed by atoms with Gasteiger partial charge in [0.1, 0.15) is 0 Å². The number of hydrogen-bond acceptors (Lipinski definition) is 2. The van der Waals surface area contributed by atoms with Gasteiger partial charge in [0.05, 0.1) is 0 Å². The molecular weight excluding hydrogens is 294 g/mol. The summed E-state index contributed by atoms with van der Waals surface area (Å²) in [5.41, 5.74) is 2.89. The van der Waals surface area contributed by atoms with E-state index in [-0.39, 0.29) is 12.4 Å². The van der Waals surface area contributed by atoms with Crippen molar-refractivity contribution in [2.24, 2.45) is 0 Å². The number of hydrogen-bond donors (Lipinski definition) is 0. The Balaban J connectivity index is 0.00000144. The van der Waals surface area contributed by atoms with Gasteiger partial charge in [-0.2, -0.15) is 0 Å². The van der Waals surface area contributed by atoms with Gasteiger partial charge in [-0.25, -0.2) is 0 Å². The summed E-state index contributed by atoms with van der Waals surface area (Å²) in [4.78, 5) is 5.27. The van der Waals surface area contributed by atoms with Crippen molar-refractivity contribution in [3.63, 3.8) is 0 Å². The summed E-state index contributed by atoms with van der Waals surface area (Å²) in [6, 6.07) is 11.2. The van der Waals surface area contributed by atoms with Gasteiger partial charge in [0.2, 0.25) is 0 Å². The molecule has 0 radical (unpaired) electrons. The second-order valence-electron chi connectivity index (χ2n) is 6.52. The fourth-order valence-corrected chi connectivity index (χ4v) is 3.87. The number of nitrogens with zero attached hydrogens (tertiary/aromatic N) is 3. The lowest BCUT2D eigenvalue weighted by atomic mass is 10.1. The number of fused-ring (bicyclic) bond motifs is 3. The van der Waals surface area contributed by atoms with Crippen molar-refractivity contribution in [2.75, 3.05) is 32.7 Å². The maximum atomic E-state index is 2.65. The molecule has 0 atom stereocenters. The molecule has 1 saturated heterocycles. The molecule has 0 amide bonds. The quantitative estimate of drug-likeness (QED) is 0.859. The van der Waals surface area contributed by atoms with Gasteiger partial charge >= 0.3 is 0 Å². The van der Waals surface area contributed by atoms with Crippen molar-refractivity contribution in [3.8, 4) is 0 Å². The molecule has 0 aliphatic carbocycles. The topological polar surface area (TPSA) is 11.4 Å². The van der Waals surface area contributed by atoms with Gasteiger partial charge in [-0.05, 0) is 43.5 Å². The summed E-state index contributed by atoms with van der Waals surface area (Å²) in [6.45, 7) is 8.55. The molecule has 0 N–H and O–H groups in total. The molecule has 3 nitrogen and oxygen atoms in total. The monoisotopic (exact) mass is 319 g/mol. The molecule has 22 heavy (non-hydrogen) atoms. The molecule has 1 aromatic carbocycles. The average molecular weight is 320 g/mol. The van der Waals surface area contributed by atoms with E-state index >= 15 is 0 Å². The highest BCUT2D eigenvalue weighted by Gasteiger charge is 2.19. The van der Waals surface area contributed by atoms with Crippen LogP contribution in [0, 0.1) is 0 Å². The van der Waals surface area contributed by atoms with Crippen LogP contribution in [0.4, 0.5) is 0 Å². The summed E-state index contributed by atoms with van der Waals surface area (Å²) in [7, 11) is 0. The smallest absolute Gasteiger partial charge is 0.0483 e. The molecule has 0 bridgehead atoms. The fraction of sp³-hybridized carbons (Fsp3) is 0.556. The molecule has 1 aromatic heterocycles. The minimum Gasteiger partial charge on any atom is -0.342 e. The Kier molecular flexibility index (Phi) is 5.07. The van der Waals surface area contributed by atoms with E-state index in [1.807, 2.05) is 0 Å². The number of likely N-dealkylation sites (tertiary alicyclic amines) is 1. The molecular formula is C18H26ClN3. The zero-order valence-corrected chi connectivity index (χ0v) is 14.0. The zero-order valence-electron chi connectivity index (χ0n) is 13.2. The molecule has 4 rings (SSSR count). The summed E-state index contributed by atoms with van der Waals surface area (Å²) in [5, 5.41) is 1.39. The van der Waals surface area contributed by atoms with Crippen molar-refractivity contribution in [1.29, 1.82) is 0 Å². The predicted octanol–water partition coefficient (Wildman–Crippen LogP) is 3.36. The van der Waals surface area contributed by atoms with Crippen molar-refractivity contribution in [2.45, 2.75) is 32.4 Å². The van der Waals surface area contributed by atoms with Gasteiger partial charge in [-0.3, -0.25) is 4.90 Å². The van der Waals surface area contributed by atoms with Crippen molar-refractivity contribution >= 4 is 23.3 Å². The molecule has 4 heteroatoms. The van der Waals surface area contributed by atoms with E-state index in [1.165, 1.54) is 68.6 Å². The molecule has 2 aliphatic rings. The van der Waals surface area contributed by atoms with E-state index < -0.39 is 0 Å². The number of rotatable bonds is 3. The third kappa shape index (κ3) is 3.17. The lowest BCUT2D eigenvalue weighted by molar-refractivity contribution is 0.162. The summed E-state index contributed by atoms with van der Waals surface area (Å²) < 4.78 is 2.51. The predicted molar refractivity (Wildman–Crippen MR) is 94.8 cm³/mol. The molecule has 1 fully saturated rings. The van der Waals surface area contributed by atoms with Gasteiger partial charge in [0.25, 0.3) is 0 Å². The van der Waals surface area contributed by atoms with Crippen LogP contribution >= 0.6 is 12.4 Å². The maximum absolute atomic E-state index is 2.65. The Morgan fingerprint density at radius 3 is 2.45 bits per heavy atom. The molecule has 120 valence electrons. The van der Waals surface area contributed by atoms with E-state index in [9.17, 15) is 0 Å². The van der Waals surface area contributed by atoms with Crippen molar-refractivity contribution in [3.05, 3.63) is 36.0 Å². The molecule has 0 saturated carbocycles. The second-order valence-corrected chi connectivity index (χ2v) is 6.52. The number of halogens is 1. The minimum atomic E-state index is 0. The van der Waals surface area contributed by atoms with E-state index in [0.717, 1.165) is 13.1 Å². The Labute approximate surface area is 139 Å². The molecule has 0 unspecified atom stereocenters. The van der Waals surface area contributed by atoms with Crippen LogP contribution in [0.2, 0.25) is 0 Å². The average Bonchev–Trinajstić information content (AvgIpc) is 2.91. The fourth-order valence-electron chi connectivity index (χ4n) is 3.87. The standard InChI is InChI=1S/C18H25N3.ClH/c1-4-8-19(9-5-1)10-11-20-12-13-21-17(15-20)14-16-6-2-3-7-18(16)21;/h2-3,6-7,14H,1,4-5,8-13,15H2;1H. The van der Waals surface area contributed by atoms with Gasteiger partial charge in [-0.15, -0.1) is 12.4 Å². The molecule has 0 spiro atoms. The lowest BCUT2D eigenvalue weighted by Crippen LogP contribution is -2.40. The normalized spacial score (nSPS) is 19.8. The van der Waals surface area contributed by atoms with E-state index in [4.69, 9.17) is 0 Å². The first kappa shape index (κ1) is 15.9. The third-order valence-electron chi connectivity index (χ3n) is 5.10. The Bertz CT molecular complexity index is 616. The number of para-hydroxylation sites is 1. The van der Waals surface area contributed by atoms with Gasteiger partial charge in [0.15, 0.2) is 0 Å². The summed E-state index contributed by atoms with van der Waals surface area (Å²) >= 11 is 0. The Hall–Kier alpha value is -1.03. The second kappa shape index (κ2) is 7.03. The number of piperidine rings is 1. The highest BCUT2D eigenvalue weighted by atomic mass is 35.5. The van der Waals surface area contributed by atoms with Crippen molar-refractivity contribution < 1.29 is 0 Å². The highest BCUT2D eigenvalue weighted by molar-refractivity contribution is 5.85. The molecule has 2 aliphatic heterocycles. The number of benzene rings is 1.